The maximum absolute atomic E-state index is 10.7. The largest absolute Gasteiger partial charge is 0.396 e. The first-order valence-electron chi connectivity index (χ1n) is 3.50. The summed E-state index contributed by atoms with van der Waals surface area (Å²) in [4.78, 5) is 10.7. The molecule has 0 aromatic carbocycles. The van der Waals surface area contributed by atoms with Gasteiger partial charge in [-0.05, 0) is 0 Å². The minimum absolute atomic E-state index is 0.0737. The summed E-state index contributed by atoms with van der Waals surface area (Å²) >= 11 is 1.62. The number of aliphatic hydroxyl groups is 1. The second-order valence-electron chi connectivity index (χ2n) is 2.26. The fraction of sp³-hybridized carbons (Fsp3) is 0.571. The van der Waals surface area contributed by atoms with Crippen molar-refractivity contribution in [3.05, 3.63) is 11.8 Å². The lowest BCUT2D eigenvalue weighted by Crippen LogP contribution is -2.16. The normalized spacial score (nSPS) is 16.5. The van der Waals surface area contributed by atoms with Gasteiger partial charge in [0.15, 0.2) is 0 Å². The molecule has 0 fully saturated rings. The van der Waals surface area contributed by atoms with E-state index in [1.54, 1.807) is 11.8 Å². The van der Waals surface area contributed by atoms with Gasteiger partial charge < -0.3 is 10.4 Å². The van der Waals surface area contributed by atoms with Crippen molar-refractivity contribution in [3.63, 3.8) is 0 Å². The molecule has 0 aliphatic carbocycles. The van der Waals surface area contributed by atoms with Crippen LogP contribution in [-0.4, -0.2) is 29.1 Å². The van der Waals surface area contributed by atoms with E-state index in [2.05, 4.69) is 5.32 Å². The van der Waals surface area contributed by atoms with Crippen LogP contribution in [0.1, 0.15) is 6.42 Å². The van der Waals surface area contributed by atoms with Gasteiger partial charge in [-0.1, -0.05) is 6.08 Å². The van der Waals surface area contributed by atoms with Crippen LogP contribution in [0.5, 0.6) is 0 Å². The summed E-state index contributed by atoms with van der Waals surface area (Å²) in [5.41, 5.74) is 0.980. The smallest absolute Gasteiger partial charge is 0.228 e. The lowest BCUT2D eigenvalue weighted by molar-refractivity contribution is -0.118. The van der Waals surface area contributed by atoms with Crippen molar-refractivity contribution in [2.24, 2.45) is 0 Å². The first-order valence-corrected chi connectivity index (χ1v) is 4.66. The minimum Gasteiger partial charge on any atom is -0.396 e. The molecular formula is C7H11NO2S. The Balaban J connectivity index is 2.13. The second kappa shape index (κ2) is 4.41. The number of thioether (sulfide) groups is 1. The van der Waals surface area contributed by atoms with Gasteiger partial charge in [0, 0.05) is 23.6 Å². The average molecular weight is 173 g/mol. The van der Waals surface area contributed by atoms with Gasteiger partial charge in [-0.3, -0.25) is 4.79 Å². The van der Waals surface area contributed by atoms with Gasteiger partial charge in [-0.25, -0.2) is 0 Å². The third-order valence-electron chi connectivity index (χ3n) is 1.33. The van der Waals surface area contributed by atoms with Crippen molar-refractivity contribution in [3.8, 4) is 0 Å². The molecule has 1 aliphatic heterocycles. The molecule has 1 aliphatic rings. The Kier molecular flexibility index (Phi) is 3.45. The summed E-state index contributed by atoms with van der Waals surface area (Å²) in [6.45, 7) is 0.200. The molecular weight excluding hydrogens is 162 g/mol. The molecule has 0 saturated carbocycles. The number of carbonyl (C=O) groups is 1. The zero-order valence-electron chi connectivity index (χ0n) is 6.17. The first-order chi connectivity index (χ1) is 5.33. The van der Waals surface area contributed by atoms with Crippen LogP contribution in [-0.2, 0) is 4.79 Å². The SMILES string of the molecule is O=C1CC=C(CSCCO)N1. The fourth-order valence-electron chi connectivity index (χ4n) is 0.839. The molecule has 0 spiro atoms. The molecule has 1 amide bonds. The van der Waals surface area contributed by atoms with Crippen molar-refractivity contribution < 1.29 is 9.90 Å². The van der Waals surface area contributed by atoms with Gasteiger partial charge in [0.05, 0.1) is 6.61 Å². The molecule has 4 heteroatoms. The molecule has 62 valence electrons. The zero-order chi connectivity index (χ0) is 8.10. The molecule has 1 rings (SSSR count). The zero-order valence-corrected chi connectivity index (χ0v) is 6.99. The van der Waals surface area contributed by atoms with Gasteiger partial charge in [0.1, 0.15) is 0 Å². The molecule has 0 aromatic rings. The summed E-state index contributed by atoms with van der Waals surface area (Å²) in [5, 5.41) is 11.2. The molecule has 1 heterocycles. The predicted molar refractivity (Wildman–Crippen MR) is 45.3 cm³/mol. The van der Waals surface area contributed by atoms with Crippen molar-refractivity contribution in [2.75, 3.05) is 18.1 Å². The van der Waals surface area contributed by atoms with Crippen molar-refractivity contribution in [1.82, 2.24) is 5.32 Å². The number of amides is 1. The van der Waals surface area contributed by atoms with E-state index in [4.69, 9.17) is 5.11 Å². The predicted octanol–water partition coefficient (Wildman–Crippen LogP) is 0.116. The van der Waals surface area contributed by atoms with Gasteiger partial charge in [0.25, 0.3) is 0 Å². The number of aliphatic hydroxyl groups excluding tert-OH is 1. The molecule has 11 heavy (non-hydrogen) atoms. The Morgan fingerprint density at radius 1 is 1.73 bits per heavy atom. The summed E-state index contributed by atoms with van der Waals surface area (Å²) in [5.74, 6) is 1.60. The number of nitrogens with one attached hydrogen (secondary N) is 1. The van der Waals surface area contributed by atoms with E-state index in [1.807, 2.05) is 6.08 Å². The monoisotopic (exact) mass is 173 g/mol. The topological polar surface area (TPSA) is 49.3 Å². The maximum atomic E-state index is 10.7. The Morgan fingerprint density at radius 2 is 2.55 bits per heavy atom. The quantitative estimate of drug-likeness (QED) is 0.593. The standard InChI is InChI=1S/C7H11NO2S/c9-3-4-11-5-6-1-2-7(10)8-6/h1,9H,2-5H2,(H,8,10). The fourth-order valence-corrected chi connectivity index (χ4v) is 1.52. The van der Waals surface area contributed by atoms with Crippen LogP contribution in [0.3, 0.4) is 0 Å². The summed E-state index contributed by atoms with van der Waals surface area (Å²) < 4.78 is 0. The highest BCUT2D eigenvalue weighted by molar-refractivity contribution is 7.99. The van der Waals surface area contributed by atoms with Crippen molar-refractivity contribution >= 4 is 17.7 Å². The summed E-state index contributed by atoms with van der Waals surface area (Å²) in [6, 6.07) is 0. The van der Waals surface area contributed by atoms with Crippen LogP contribution in [0.25, 0.3) is 0 Å². The molecule has 0 radical (unpaired) electrons. The lowest BCUT2D eigenvalue weighted by Gasteiger charge is -2.00. The van der Waals surface area contributed by atoms with Gasteiger partial charge in [-0.15, -0.1) is 0 Å². The highest BCUT2D eigenvalue weighted by Crippen LogP contribution is 2.09. The van der Waals surface area contributed by atoms with Gasteiger partial charge in [-0.2, -0.15) is 11.8 Å². The number of carbonyl (C=O) groups excluding carboxylic acids is 1. The van der Waals surface area contributed by atoms with Crippen molar-refractivity contribution in [2.45, 2.75) is 6.42 Å². The number of rotatable bonds is 4. The molecule has 0 aromatic heterocycles. The van der Waals surface area contributed by atoms with Gasteiger partial charge in [0.2, 0.25) is 5.91 Å². The van der Waals surface area contributed by atoms with E-state index in [9.17, 15) is 4.79 Å². The third-order valence-corrected chi connectivity index (χ3v) is 2.31. The van der Waals surface area contributed by atoms with E-state index >= 15 is 0 Å². The Morgan fingerprint density at radius 3 is 3.09 bits per heavy atom. The van der Waals surface area contributed by atoms with Gasteiger partial charge >= 0.3 is 0 Å². The number of hydrogen-bond acceptors (Lipinski definition) is 3. The maximum Gasteiger partial charge on any atom is 0.228 e. The van der Waals surface area contributed by atoms with E-state index in [0.717, 1.165) is 17.2 Å². The van der Waals surface area contributed by atoms with Crippen LogP contribution in [0.15, 0.2) is 11.8 Å². The van der Waals surface area contributed by atoms with Crippen LogP contribution >= 0.6 is 11.8 Å². The third kappa shape index (κ3) is 2.95. The molecule has 0 atom stereocenters. The molecule has 3 nitrogen and oxygen atoms in total. The van der Waals surface area contributed by atoms with Crippen LogP contribution in [0, 0.1) is 0 Å². The summed E-state index contributed by atoms with van der Waals surface area (Å²) in [6.07, 6.45) is 2.40. The Bertz CT molecular complexity index is 179. The van der Waals surface area contributed by atoms with E-state index in [-0.39, 0.29) is 12.5 Å². The molecule has 2 N–H and O–H groups in total. The minimum atomic E-state index is 0.0737. The average Bonchev–Trinajstić information content (AvgIpc) is 2.37. The molecule has 0 bridgehead atoms. The van der Waals surface area contributed by atoms with E-state index in [1.165, 1.54) is 0 Å². The van der Waals surface area contributed by atoms with Crippen LogP contribution < -0.4 is 5.32 Å². The first kappa shape index (κ1) is 8.62. The van der Waals surface area contributed by atoms with Crippen LogP contribution in [0.2, 0.25) is 0 Å². The second-order valence-corrected chi connectivity index (χ2v) is 3.36. The molecule has 0 saturated heterocycles. The summed E-state index contributed by atoms with van der Waals surface area (Å²) in [7, 11) is 0. The Hall–Kier alpha value is -0.480. The van der Waals surface area contributed by atoms with Crippen LogP contribution in [0.4, 0.5) is 0 Å². The highest BCUT2D eigenvalue weighted by Gasteiger charge is 2.09. The highest BCUT2D eigenvalue weighted by atomic mass is 32.2. The van der Waals surface area contributed by atoms with Crippen molar-refractivity contribution in [1.29, 1.82) is 0 Å². The molecule has 0 unspecified atom stereocenters. The van der Waals surface area contributed by atoms with E-state index in [0.29, 0.717) is 6.42 Å². The Labute approximate surface area is 69.9 Å². The lowest BCUT2D eigenvalue weighted by atomic mass is 10.4. The number of hydrogen-bond donors (Lipinski definition) is 2. The van der Waals surface area contributed by atoms with E-state index < -0.39 is 0 Å².